The summed E-state index contributed by atoms with van der Waals surface area (Å²) >= 11 is 0. The highest BCUT2D eigenvalue weighted by molar-refractivity contribution is 6.08. The SMILES string of the molecule is [B]CCCCC(CCC1CCCN1)(NC)C(=O)O. The van der Waals surface area contributed by atoms with Gasteiger partial charge in [0.05, 0.1) is 7.85 Å². The van der Waals surface area contributed by atoms with Crippen molar-refractivity contribution in [2.75, 3.05) is 13.6 Å². The second kappa shape index (κ2) is 7.79. The molecule has 1 saturated heterocycles. The number of likely N-dealkylation sites (N-methyl/N-ethyl adjacent to an activating group) is 1. The largest absolute Gasteiger partial charge is 0.480 e. The third kappa shape index (κ3) is 4.28. The molecule has 1 aliphatic rings. The van der Waals surface area contributed by atoms with E-state index in [0.29, 0.717) is 25.2 Å². The van der Waals surface area contributed by atoms with Gasteiger partial charge in [0.1, 0.15) is 5.54 Å². The van der Waals surface area contributed by atoms with E-state index in [4.69, 9.17) is 7.85 Å². The van der Waals surface area contributed by atoms with Gasteiger partial charge in [-0.2, -0.15) is 0 Å². The van der Waals surface area contributed by atoms with E-state index in [9.17, 15) is 9.90 Å². The molecule has 1 rings (SSSR count). The molecule has 2 unspecified atom stereocenters. The van der Waals surface area contributed by atoms with Crippen LogP contribution in [0.4, 0.5) is 0 Å². The van der Waals surface area contributed by atoms with Crippen LogP contribution in [-0.4, -0.2) is 44.1 Å². The Hall–Kier alpha value is -0.545. The number of aliphatic carboxylic acids is 1. The molecule has 5 heteroatoms. The Kier molecular flexibility index (Phi) is 6.72. The van der Waals surface area contributed by atoms with Crippen LogP contribution in [0.15, 0.2) is 0 Å². The number of carboxylic acids is 1. The zero-order valence-electron chi connectivity index (χ0n) is 11.4. The molecular weight excluding hydrogens is 227 g/mol. The Labute approximate surface area is 111 Å². The number of rotatable bonds is 9. The molecule has 0 aromatic heterocycles. The summed E-state index contributed by atoms with van der Waals surface area (Å²) in [5.74, 6) is -0.736. The van der Waals surface area contributed by atoms with Gasteiger partial charge in [0.2, 0.25) is 0 Å². The molecule has 0 bridgehead atoms. The molecule has 0 aromatic carbocycles. The minimum Gasteiger partial charge on any atom is -0.480 e. The molecule has 102 valence electrons. The number of carboxylic acid groups (broad SMARTS) is 1. The summed E-state index contributed by atoms with van der Waals surface area (Å²) in [4.78, 5) is 11.5. The standard InChI is InChI=1S/C13H25BN2O2/c1-15-13(12(17)18,7-2-3-9-14)8-6-11-5-4-10-16-11/h11,15-16H,2-10H2,1H3,(H,17,18). The zero-order valence-corrected chi connectivity index (χ0v) is 11.4. The van der Waals surface area contributed by atoms with Gasteiger partial charge < -0.3 is 15.7 Å². The van der Waals surface area contributed by atoms with E-state index >= 15 is 0 Å². The maximum atomic E-state index is 11.5. The van der Waals surface area contributed by atoms with Gasteiger partial charge in [-0.15, -0.1) is 0 Å². The Balaban J connectivity index is 2.49. The first kappa shape index (κ1) is 15.5. The van der Waals surface area contributed by atoms with Crippen molar-refractivity contribution >= 4 is 13.8 Å². The monoisotopic (exact) mass is 252 g/mol. The molecule has 4 nitrogen and oxygen atoms in total. The fraction of sp³-hybridized carbons (Fsp3) is 0.923. The molecule has 0 aliphatic carbocycles. The molecule has 2 atom stereocenters. The highest BCUT2D eigenvalue weighted by Crippen LogP contribution is 2.24. The average molecular weight is 252 g/mol. The van der Waals surface area contributed by atoms with E-state index in [2.05, 4.69) is 10.6 Å². The summed E-state index contributed by atoms with van der Waals surface area (Å²) < 4.78 is 0. The molecule has 2 radical (unpaired) electrons. The number of carbonyl (C=O) groups is 1. The summed E-state index contributed by atoms with van der Waals surface area (Å²) in [6.07, 6.45) is 7.02. The fourth-order valence-corrected chi connectivity index (χ4v) is 2.69. The lowest BCUT2D eigenvalue weighted by Gasteiger charge is -2.30. The van der Waals surface area contributed by atoms with Crippen molar-refractivity contribution in [2.24, 2.45) is 0 Å². The summed E-state index contributed by atoms with van der Waals surface area (Å²) in [7, 11) is 7.22. The normalized spacial score (nSPS) is 22.8. The van der Waals surface area contributed by atoms with Gasteiger partial charge in [-0.25, -0.2) is 0 Å². The van der Waals surface area contributed by atoms with Gasteiger partial charge in [0.25, 0.3) is 0 Å². The van der Waals surface area contributed by atoms with E-state index in [1.165, 1.54) is 12.8 Å². The van der Waals surface area contributed by atoms with Crippen LogP contribution < -0.4 is 10.6 Å². The third-order valence-corrected chi connectivity index (χ3v) is 4.03. The molecule has 1 aliphatic heterocycles. The minimum absolute atomic E-state index is 0.492. The molecule has 0 saturated carbocycles. The molecule has 1 heterocycles. The van der Waals surface area contributed by atoms with Crippen LogP contribution in [0.2, 0.25) is 6.32 Å². The highest BCUT2D eigenvalue weighted by Gasteiger charge is 2.36. The average Bonchev–Trinajstić information content (AvgIpc) is 2.86. The van der Waals surface area contributed by atoms with Crippen LogP contribution in [0, 0.1) is 0 Å². The molecule has 3 N–H and O–H groups in total. The van der Waals surface area contributed by atoms with Crippen LogP contribution >= 0.6 is 0 Å². The first-order chi connectivity index (χ1) is 8.64. The van der Waals surface area contributed by atoms with Crippen molar-refractivity contribution in [1.29, 1.82) is 0 Å². The molecule has 0 aromatic rings. The predicted octanol–water partition coefficient (Wildman–Crippen LogP) is 1.32. The van der Waals surface area contributed by atoms with Crippen molar-refractivity contribution in [2.45, 2.75) is 62.8 Å². The van der Waals surface area contributed by atoms with Crippen molar-refractivity contribution in [1.82, 2.24) is 10.6 Å². The maximum Gasteiger partial charge on any atom is 0.323 e. The second-order valence-electron chi connectivity index (χ2n) is 5.21. The quantitative estimate of drug-likeness (QED) is 0.428. The Morgan fingerprint density at radius 2 is 2.28 bits per heavy atom. The number of hydrogen-bond donors (Lipinski definition) is 3. The van der Waals surface area contributed by atoms with Crippen LogP contribution in [0.5, 0.6) is 0 Å². The second-order valence-corrected chi connectivity index (χ2v) is 5.21. The third-order valence-electron chi connectivity index (χ3n) is 4.03. The van der Waals surface area contributed by atoms with E-state index in [1.54, 1.807) is 7.05 Å². The Bertz CT molecular complexity index is 257. The first-order valence-corrected chi connectivity index (χ1v) is 7.00. The summed E-state index contributed by atoms with van der Waals surface area (Å²) in [5, 5.41) is 15.9. The van der Waals surface area contributed by atoms with Gasteiger partial charge in [0.15, 0.2) is 0 Å². The van der Waals surface area contributed by atoms with Gasteiger partial charge in [-0.05, 0) is 45.7 Å². The zero-order chi connectivity index (χ0) is 13.4. The van der Waals surface area contributed by atoms with Gasteiger partial charge >= 0.3 is 5.97 Å². The van der Waals surface area contributed by atoms with E-state index in [1.807, 2.05) is 0 Å². The van der Waals surface area contributed by atoms with Crippen molar-refractivity contribution in [3.63, 3.8) is 0 Å². The van der Waals surface area contributed by atoms with Gasteiger partial charge in [-0.3, -0.25) is 4.79 Å². The lowest BCUT2D eigenvalue weighted by atomic mass is 9.85. The van der Waals surface area contributed by atoms with Gasteiger partial charge in [0, 0.05) is 6.04 Å². The van der Waals surface area contributed by atoms with Crippen molar-refractivity contribution < 1.29 is 9.90 Å². The summed E-state index contributed by atoms with van der Waals surface area (Å²) in [6.45, 7) is 1.07. The van der Waals surface area contributed by atoms with Crippen LogP contribution in [0.3, 0.4) is 0 Å². The Morgan fingerprint density at radius 3 is 2.78 bits per heavy atom. The molecule has 1 fully saturated rings. The highest BCUT2D eigenvalue weighted by atomic mass is 16.4. The molecule has 18 heavy (non-hydrogen) atoms. The number of unbranched alkanes of at least 4 members (excludes halogenated alkanes) is 1. The number of hydrogen-bond acceptors (Lipinski definition) is 3. The lowest BCUT2D eigenvalue weighted by molar-refractivity contribution is -0.145. The lowest BCUT2D eigenvalue weighted by Crippen LogP contribution is -2.51. The molecular formula is C13H25BN2O2. The predicted molar refractivity (Wildman–Crippen MR) is 74.1 cm³/mol. The summed E-state index contributed by atoms with van der Waals surface area (Å²) in [5.41, 5.74) is -0.778. The molecule has 0 spiro atoms. The minimum atomic E-state index is -0.778. The fourth-order valence-electron chi connectivity index (χ4n) is 2.69. The summed E-state index contributed by atoms with van der Waals surface area (Å²) in [6, 6.07) is 0.492. The van der Waals surface area contributed by atoms with Crippen LogP contribution in [0.25, 0.3) is 0 Å². The van der Waals surface area contributed by atoms with Crippen LogP contribution in [0.1, 0.15) is 44.9 Å². The van der Waals surface area contributed by atoms with Crippen molar-refractivity contribution in [3.05, 3.63) is 0 Å². The van der Waals surface area contributed by atoms with E-state index < -0.39 is 11.5 Å². The van der Waals surface area contributed by atoms with Gasteiger partial charge in [-0.1, -0.05) is 19.2 Å². The Morgan fingerprint density at radius 1 is 1.50 bits per heavy atom. The van der Waals surface area contributed by atoms with Crippen LogP contribution in [-0.2, 0) is 4.79 Å². The topological polar surface area (TPSA) is 61.4 Å². The van der Waals surface area contributed by atoms with Crippen molar-refractivity contribution in [3.8, 4) is 0 Å². The first-order valence-electron chi connectivity index (χ1n) is 7.00. The van der Waals surface area contributed by atoms with E-state index in [-0.39, 0.29) is 0 Å². The maximum absolute atomic E-state index is 11.5. The molecule has 0 amide bonds. The number of nitrogens with one attached hydrogen (secondary N) is 2. The van der Waals surface area contributed by atoms with E-state index in [0.717, 1.165) is 25.8 Å². The smallest absolute Gasteiger partial charge is 0.323 e.